The fraction of sp³-hybridized carbons (Fsp3) is 0.312. The Balaban J connectivity index is 2.13. The van der Waals surface area contributed by atoms with E-state index in [0.717, 1.165) is 12.8 Å². The number of amides is 1. The number of halogens is 2. The second kappa shape index (κ2) is 7.87. The maximum atomic E-state index is 13.2. The number of hydrogen-bond acceptors (Lipinski definition) is 4. The van der Waals surface area contributed by atoms with Gasteiger partial charge in [0.1, 0.15) is 11.5 Å². The molecule has 1 amide bonds. The van der Waals surface area contributed by atoms with Gasteiger partial charge in [0.15, 0.2) is 0 Å². The minimum absolute atomic E-state index is 0.00142. The average Bonchev–Trinajstić information content (AvgIpc) is 2.55. The fourth-order valence-corrected chi connectivity index (χ4v) is 2.11. The van der Waals surface area contributed by atoms with Gasteiger partial charge in [-0.15, -0.1) is 0 Å². The molecule has 0 radical (unpaired) electrons. The van der Waals surface area contributed by atoms with Crippen molar-refractivity contribution in [2.24, 2.45) is 0 Å². The third-order valence-corrected chi connectivity index (χ3v) is 3.53. The van der Waals surface area contributed by atoms with Gasteiger partial charge in [-0.1, -0.05) is 24.9 Å². The van der Waals surface area contributed by atoms with Crippen molar-refractivity contribution in [1.29, 1.82) is 0 Å². The van der Waals surface area contributed by atoms with Gasteiger partial charge in [0.2, 0.25) is 5.95 Å². The van der Waals surface area contributed by atoms with Crippen LogP contribution in [0.3, 0.4) is 0 Å². The van der Waals surface area contributed by atoms with E-state index >= 15 is 0 Å². The minimum atomic E-state index is -0.500. The van der Waals surface area contributed by atoms with Crippen LogP contribution in [0.25, 0.3) is 0 Å². The number of nitrogens with one attached hydrogen (secondary N) is 1. The van der Waals surface area contributed by atoms with Crippen LogP contribution >= 0.6 is 11.6 Å². The number of hydrogen-bond donors (Lipinski definition) is 1. The van der Waals surface area contributed by atoms with E-state index in [1.165, 1.54) is 24.4 Å². The smallest absolute Gasteiger partial charge is 0.272 e. The van der Waals surface area contributed by atoms with Crippen LogP contribution in [0, 0.1) is 5.82 Å². The summed E-state index contributed by atoms with van der Waals surface area (Å²) in [4.78, 5) is 22.2. The maximum Gasteiger partial charge on any atom is 0.272 e. The predicted molar refractivity (Wildman–Crippen MR) is 88.6 cm³/mol. The quantitative estimate of drug-likeness (QED) is 0.869. The van der Waals surface area contributed by atoms with Crippen molar-refractivity contribution in [2.75, 3.05) is 18.9 Å². The molecule has 0 unspecified atom stereocenters. The zero-order valence-electron chi connectivity index (χ0n) is 13.0. The second-order valence-corrected chi connectivity index (χ2v) is 5.51. The normalized spacial score (nSPS) is 10.4. The molecule has 0 atom stereocenters. The molecule has 0 aliphatic carbocycles. The number of benzene rings is 1. The van der Waals surface area contributed by atoms with Crippen LogP contribution in [-0.4, -0.2) is 34.4 Å². The van der Waals surface area contributed by atoms with Crippen LogP contribution in [0.15, 0.2) is 30.5 Å². The van der Waals surface area contributed by atoms with Crippen molar-refractivity contribution in [3.63, 3.8) is 0 Å². The Morgan fingerprint density at radius 1 is 1.39 bits per heavy atom. The summed E-state index contributed by atoms with van der Waals surface area (Å²) in [7, 11) is 1.74. The van der Waals surface area contributed by atoms with Crippen LogP contribution < -0.4 is 5.32 Å². The van der Waals surface area contributed by atoms with E-state index in [2.05, 4.69) is 22.2 Å². The lowest BCUT2D eigenvalue weighted by molar-refractivity contribution is 0.0787. The van der Waals surface area contributed by atoms with E-state index in [0.29, 0.717) is 17.9 Å². The molecular weight excluding hydrogens is 319 g/mol. The second-order valence-electron chi connectivity index (χ2n) is 5.10. The standard InChI is InChI=1S/C16H18ClFN4O/c1-3-4-9-22(2)15(23)14-7-8-19-16(21-14)20-11-5-6-13(18)12(17)10-11/h5-8,10H,3-4,9H2,1-2H3,(H,19,20,21). The van der Waals surface area contributed by atoms with Crippen molar-refractivity contribution >= 4 is 29.1 Å². The number of anilines is 2. The molecule has 0 aliphatic heterocycles. The summed E-state index contributed by atoms with van der Waals surface area (Å²) < 4.78 is 13.2. The van der Waals surface area contributed by atoms with Crippen LogP contribution in [0.2, 0.25) is 5.02 Å². The topological polar surface area (TPSA) is 58.1 Å². The van der Waals surface area contributed by atoms with Gasteiger partial charge in [-0.05, 0) is 30.7 Å². The fourth-order valence-electron chi connectivity index (χ4n) is 1.93. The highest BCUT2D eigenvalue weighted by atomic mass is 35.5. The Hall–Kier alpha value is -2.21. The monoisotopic (exact) mass is 336 g/mol. The summed E-state index contributed by atoms with van der Waals surface area (Å²) in [5, 5.41) is 2.91. The zero-order chi connectivity index (χ0) is 16.8. The summed E-state index contributed by atoms with van der Waals surface area (Å²) >= 11 is 5.74. The van der Waals surface area contributed by atoms with Gasteiger partial charge in [-0.2, -0.15) is 0 Å². The third kappa shape index (κ3) is 4.63. The van der Waals surface area contributed by atoms with Crippen molar-refractivity contribution in [1.82, 2.24) is 14.9 Å². The maximum absolute atomic E-state index is 13.2. The number of rotatable bonds is 6. The highest BCUT2D eigenvalue weighted by Crippen LogP contribution is 2.21. The molecule has 2 aromatic rings. The third-order valence-electron chi connectivity index (χ3n) is 3.24. The first-order valence-electron chi connectivity index (χ1n) is 7.32. The molecule has 0 saturated carbocycles. The summed E-state index contributed by atoms with van der Waals surface area (Å²) in [5.74, 6) is -0.414. The van der Waals surface area contributed by atoms with Crippen molar-refractivity contribution in [3.8, 4) is 0 Å². The van der Waals surface area contributed by atoms with Crippen molar-refractivity contribution in [2.45, 2.75) is 19.8 Å². The predicted octanol–water partition coefficient (Wildman–Crippen LogP) is 3.88. The Kier molecular flexibility index (Phi) is 5.87. The first-order valence-corrected chi connectivity index (χ1v) is 7.69. The van der Waals surface area contributed by atoms with E-state index in [1.54, 1.807) is 18.0 Å². The van der Waals surface area contributed by atoms with E-state index in [4.69, 9.17) is 11.6 Å². The number of nitrogens with zero attached hydrogens (tertiary/aromatic N) is 3. The van der Waals surface area contributed by atoms with Crippen LogP contribution in [0.4, 0.5) is 16.0 Å². The Bertz CT molecular complexity index is 696. The highest BCUT2D eigenvalue weighted by molar-refractivity contribution is 6.31. The molecule has 1 aromatic heterocycles. The molecule has 0 aliphatic rings. The van der Waals surface area contributed by atoms with Crippen LogP contribution in [-0.2, 0) is 0 Å². The first kappa shape index (κ1) is 17.1. The molecule has 1 heterocycles. The summed E-state index contributed by atoms with van der Waals surface area (Å²) in [6.45, 7) is 2.74. The van der Waals surface area contributed by atoms with Gasteiger partial charge in [-0.3, -0.25) is 4.79 Å². The number of carbonyl (C=O) groups excluding carboxylic acids is 1. The SMILES string of the molecule is CCCCN(C)C(=O)c1ccnc(Nc2ccc(F)c(Cl)c2)n1. The van der Waals surface area contributed by atoms with E-state index in [9.17, 15) is 9.18 Å². The Morgan fingerprint density at radius 2 is 2.17 bits per heavy atom. The zero-order valence-corrected chi connectivity index (χ0v) is 13.8. The van der Waals surface area contributed by atoms with Gasteiger partial charge in [0.25, 0.3) is 5.91 Å². The molecule has 5 nitrogen and oxygen atoms in total. The molecule has 122 valence electrons. The number of aromatic nitrogens is 2. The van der Waals surface area contributed by atoms with Gasteiger partial charge in [0, 0.05) is 25.5 Å². The van der Waals surface area contributed by atoms with Crippen LogP contribution in [0.1, 0.15) is 30.3 Å². The van der Waals surface area contributed by atoms with Gasteiger partial charge in [0.05, 0.1) is 5.02 Å². The van der Waals surface area contributed by atoms with Gasteiger partial charge < -0.3 is 10.2 Å². The molecule has 1 aromatic carbocycles. The Morgan fingerprint density at radius 3 is 2.87 bits per heavy atom. The molecule has 7 heteroatoms. The van der Waals surface area contributed by atoms with Crippen molar-refractivity contribution in [3.05, 3.63) is 47.0 Å². The summed E-state index contributed by atoms with van der Waals surface area (Å²) in [6.07, 6.45) is 3.45. The molecule has 1 N–H and O–H groups in total. The largest absolute Gasteiger partial charge is 0.340 e. The number of unbranched alkanes of at least 4 members (excludes halogenated alkanes) is 1. The van der Waals surface area contributed by atoms with E-state index < -0.39 is 5.82 Å². The number of carbonyl (C=O) groups is 1. The molecule has 0 saturated heterocycles. The molecule has 0 bridgehead atoms. The minimum Gasteiger partial charge on any atom is -0.340 e. The Labute approximate surface area is 139 Å². The molecule has 2 rings (SSSR count). The van der Waals surface area contributed by atoms with Gasteiger partial charge >= 0.3 is 0 Å². The summed E-state index contributed by atoms with van der Waals surface area (Å²) in [5.41, 5.74) is 0.842. The first-order chi connectivity index (χ1) is 11.0. The lowest BCUT2D eigenvalue weighted by Crippen LogP contribution is -2.28. The molecule has 0 spiro atoms. The summed E-state index contributed by atoms with van der Waals surface area (Å²) in [6, 6.07) is 5.76. The van der Waals surface area contributed by atoms with Crippen LogP contribution in [0.5, 0.6) is 0 Å². The lowest BCUT2D eigenvalue weighted by atomic mass is 10.3. The van der Waals surface area contributed by atoms with E-state index in [-0.39, 0.29) is 16.9 Å². The molecule has 0 fully saturated rings. The van der Waals surface area contributed by atoms with E-state index in [1.807, 2.05) is 0 Å². The van der Waals surface area contributed by atoms with Crippen molar-refractivity contribution < 1.29 is 9.18 Å². The van der Waals surface area contributed by atoms with Gasteiger partial charge in [-0.25, -0.2) is 14.4 Å². The molecule has 23 heavy (non-hydrogen) atoms. The molecular formula is C16H18ClFN4O. The highest BCUT2D eigenvalue weighted by Gasteiger charge is 2.13. The average molecular weight is 337 g/mol. The lowest BCUT2D eigenvalue weighted by Gasteiger charge is -2.16.